The molecule has 24 heavy (non-hydrogen) atoms. The molecule has 2 aliphatic rings. The maximum absolute atomic E-state index is 9.86. The van der Waals surface area contributed by atoms with Gasteiger partial charge in [-0.2, -0.15) is 0 Å². The third-order valence-electron chi connectivity index (χ3n) is 6.19. The summed E-state index contributed by atoms with van der Waals surface area (Å²) < 4.78 is 5.96. The van der Waals surface area contributed by atoms with Gasteiger partial charge >= 0.3 is 0 Å². The van der Waals surface area contributed by atoms with Crippen LogP contribution in [0.4, 0.5) is 0 Å². The summed E-state index contributed by atoms with van der Waals surface area (Å²) in [5.41, 5.74) is 10.5. The van der Waals surface area contributed by atoms with E-state index in [1.165, 1.54) is 11.1 Å². The highest BCUT2D eigenvalue weighted by atomic mass is 16.5. The van der Waals surface area contributed by atoms with Gasteiger partial charge in [0.1, 0.15) is 11.9 Å². The molecule has 0 radical (unpaired) electrons. The van der Waals surface area contributed by atoms with Crippen LogP contribution in [0.3, 0.4) is 0 Å². The minimum atomic E-state index is -0.370. The van der Waals surface area contributed by atoms with Gasteiger partial charge in [-0.25, -0.2) is 0 Å². The first-order valence-corrected chi connectivity index (χ1v) is 8.80. The lowest BCUT2D eigenvalue weighted by Gasteiger charge is -2.42. The van der Waals surface area contributed by atoms with Gasteiger partial charge < -0.3 is 15.6 Å². The number of methoxy groups -OCH3 is 1. The van der Waals surface area contributed by atoms with Crippen LogP contribution in [0.1, 0.15) is 35.6 Å². The van der Waals surface area contributed by atoms with Crippen molar-refractivity contribution in [2.45, 2.75) is 37.3 Å². The zero-order chi connectivity index (χ0) is 16.7. The number of nitrogens with two attached hydrogens (primary N) is 1. The summed E-state index contributed by atoms with van der Waals surface area (Å²) in [5.74, 6) is 1.12. The molecule has 0 amide bonds. The molecule has 4 unspecified atom stereocenters. The zero-order valence-electron chi connectivity index (χ0n) is 14.1. The van der Waals surface area contributed by atoms with Crippen LogP contribution in [0.15, 0.2) is 48.5 Å². The number of ether oxygens (including phenoxy) is 1. The molecule has 0 aliphatic heterocycles. The SMILES string of the molecule is COC(c1ccccc1)C1(N)C2CCC1Cc1cc(O)ccc1C2. The van der Waals surface area contributed by atoms with Gasteiger partial charge in [0.05, 0.1) is 5.54 Å². The van der Waals surface area contributed by atoms with Crippen molar-refractivity contribution in [3.8, 4) is 5.75 Å². The van der Waals surface area contributed by atoms with Crippen LogP contribution in [0.2, 0.25) is 0 Å². The number of rotatable bonds is 3. The van der Waals surface area contributed by atoms with Gasteiger partial charge in [-0.3, -0.25) is 0 Å². The molecule has 0 saturated heterocycles. The number of fused-ring (bicyclic) bond motifs is 3. The van der Waals surface area contributed by atoms with Crippen LogP contribution < -0.4 is 5.73 Å². The van der Waals surface area contributed by atoms with Crippen molar-refractivity contribution in [2.24, 2.45) is 17.6 Å². The van der Waals surface area contributed by atoms with E-state index in [9.17, 15) is 5.11 Å². The third-order valence-corrected chi connectivity index (χ3v) is 6.19. The van der Waals surface area contributed by atoms with Crippen LogP contribution in [0, 0.1) is 11.8 Å². The molecule has 3 N–H and O–H groups in total. The molecule has 3 heteroatoms. The summed E-state index contributed by atoms with van der Waals surface area (Å²) >= 11 is 0. The van der Waals surface area contributed by atoms with Crippen LogP contribution in [-0.2, 0) is 17.6 Å². The molecular formula is C21H25NO2. The van der Waals surface area contributed by atoms with E-state index in [0.717, 1.165) is 31.2 Å². The molecule has 3 nitrogen and oxygen atoms in total. The summed E-state index contributed by atoms with van der Waals surface area (Å²) in [4.78, 5) is 0. The van der Waals surface area contributed by atoms with Gasteiger partial charge in [0, 0.05) is 7.11 Å². The van der Waals surface area contributed by atoms with Crippen molar-refractivity contribution in [3.63, 3.8) is 0 Å². The zero-order valence-corrected chi connectivity index (χ0v) is 14.1. The number of benzene rings is 2. The Labute approximate surface area is 143 Å². The second kappa shape index (κ2) is 5.91. The first-order chi connectivity index (χ1) is 11.6. The topological polar surface area (TPSA) is 55.5 Å². The van der Waals surface area contributed by atoms with E-state index in [1.807, 2.05) is 12.1 Å². The minimum Gasteiger partial charge on any atom is -0.508 e. The molecule has 4 rings (SSSR count). The van der Waals surface area contributed by atoms with Gasteiger partial charge in [0.2, 0.25) is 0 Å². The number of aromatic hydroxyl groups is 1. The van der Waals surface area contributed by atoms with Gasteiger partial charge in [0.25, 0.3) is 0 Å². The standard InChI is InChI=1S/C21H25NO2/c1-24-20(14-5-3-2-4-6-14)21(22)17-8-9-18(21)12-16-13-19(23)10-7-15(16)11-17/h2-7,10,13,17-18,20,23H,8-9,11-12,22H2,1H3. The molecule has 1 saturated carbocycles. The lowest BCUT2D eigenvalue weighted by molar-refractivity contribution is -0.00415. The van der Waals surface area contributed by atoms with E-state index in [-0.39, 0.29) is 11.6 Å². The average molecular weight is 323 g/mol. The summed E-state index contributed by atoms with van der Waals surface area (Å²) in [5, 5.41) is 9.86. The molecule has 2 bridgehead atoms. The summed E-state index contributed by atoms with van der Waals surface area (Å²) in [6.07, 6.45) is 4.06. The Kier molecular flexibility index (Phi) is 3.86. The van der Waals surface area contributed by atoms with Gasteiger partial charge in [-0.05, 0) is 66.3 Å². The molecule has 2 aromatic rings. The molecule has 2 aromatic carbocycles. The molecule has 0 heterocycles. The number of hydrogen-bond donors (Lipinski definition) is 2. The molecule has 0 spiro atoms. The van der Waals surface area contributed by atoms with Crippen molar-refractivity contribution < 1.29 is 9.84 Å². The molecule has 1 fully saturated rings. The van der Waals surface area contributed by atoms with Crippen molar-refractivity contribution in [2.75, 3.05) is 7.11 Å². The third kappa shape index (κ3) is 2.35. The predicted octanol–water partition coefficient (Wildman–Crippen LogP) is 3.60. The summed E-state index contributed by atoms with van der Waals surface area (Å²) in [6.45, 7) is 0. The number of phenolic OH excluding ortho intramolecular Hbond substituents is 1. The van der Waals surface area contributed by atoms with E-state index < -0.39 is 0 Å². The Morgan fingerprint density at radius 2 is 1.71 bits per heavy atom. The molecule has 0 aromatic heterocycles. The van der Waals surface area contributed by atoms with Crippen LogP contribution in [-0.4, -0.2) is 17.8 Å². The lowest BCUT2D eigenvalue weighted by atomic mass is 9.73. The molecule has 2 aliphatic carbocycles. The fourth-order valence-corrected chi connectivity index (χ4v) is 5.01. The van der Waals surface area contributed by atoms with Crippen molar-refractivity contribution in [1.29, 1.82) is 0 Å². The fraction of sp³-hybridized carbons (Fsp3) is 0.429. The Morgan fingerprint density at radius 1 is 1.04 bits per heavy atom. The Balaban J connectivity index is 1.76. The van der Waals surface area contributed by atoms with Crippen LogP contribution in [0.5, 0.6) is 5.75 Å². The van der Waals surface area contributed by atoms with Crippen LogP contribution in [0.25, 0.3) is 0 Å². The molecule has 4 atom stereocenters. The van der Waals surface area contributed by atoms with Gasteiger partial charge in [-0.15, -0.1) is 0 Å². The highest BCUT2D eigenvalue weighted by Gasteiger charge is 2.54. The van der Waals surface area contributed by atoms with E-state index in [1.54, 1.807) is 13.2 Å². The Hall–Kier alpha value is -1.84. The average Bonchev–Trinajstić information content (AvgIpc) is 2.81. The summed E-state index contributed by atoms with van der Waals surface area (Å²) in [6, 6.07) is 16.1. The maximum Gasteiger partial charge on any atom is 0.115 e. The van der Waals surface area contributed by atoms with Crippen molar-refractivity contribution in [3.05, 3.63) is 65.2 Å². The highest BCUT2D eigenvalue weighted by Crippen LogP contribution is 2.52. The normalized spacial score (nSPS) is 29.8. The van der Waals surface area contributed by atoms with Crippen LogP contribution >= 0.6 is 0 Å². The highest BCUT2D eigenvalue weighted by molar-refractivity contribution is 5.39. The first kappa shape index (κ1) is 15.7. The molecule has 126 valence electrons. The van der Waals surface area contributed by atoms with Gasteiger partial charge in [0.15, 0.2) is 0 Å². The van der Waals surface area contributed by atoms with E-state index >= 15 is 0 Å². The van der Waals surface area contributed by atoms with E-state index in [4.69, 9.17) is 10.5 Å². The molecular weight excluding hydrogens is 298 g/mol. The van der Waals surface area contributed by atoms with Crippen molar-refractivity contribution in [1.82, 2.24) is 0 Å². The predicted molar refractivity (Wildman–Crippen MR) is 94.8 cm³/mol. The number of phenols is 1. The second-order valence-corrected chi connectivity index (χ2v) is 7.36. The van der Waals surface area contributed by atoms with E-state index in [0.29, 0.717) is 17.6 Å². The maximum atomic E-state index is 9.86. The monoisotopic (exact) mass is 323 g/mol. The quantitative estimate of drug-likeness (QED) is 0.907. The number of hydrogen-bond acceptors (Lipinski definition) is 3. The van der Waals surface area contributed by atoms with E-state index in [2.05, 4.69) is 30.3 Å². The Bertz CT molecular complexity index is 730. The lowest BCUT2D eigenvalue weighted by Crippen LogP contribution is -2.54. The second-order valence-electron chi connectivity index (χ2n) is 7.36. The Morgan fingerprint density at radius 3 is 2.38 bits per heavy atom. The summed E-state index contributed by atoms with van der Waals surface area (Å²) in [7, 11) is 1.77. The largest absolute Gasteiger partial charge is 0.508 e. The fourth-order valence-electron chi connectivity index (χ4n) is 5.01. The minimum absolute atomic E-state index is 0.0980. The first-order valence-electron chi connectivity index (χ1n) is 8.80. The van der Waals surface area contributed by atoms with Gasteiger partial charge in [-0.1, -0.05) is 36.4 Å². The smallest absolute Gasteiger partial charge is 0.115 e. The van der Waals surface area contributed by atoms with Crippen molar-refractivity contribution >= 4 is 0 Å².